The van der Waals surface area contributed by atoms with E-state index in [1.165, 1.54) is 27.1 Å². The van der Waals surface area contributed by atoms with E-state index in [0.29, 0.717) is 25.3 Å². The molecule has 0 aliphatic carbocycles. The third-order valence-corrected chi connectivity index (χ3v) is 6.86. The van der Waals surface area contributed by atoms with E-state index in [0.717, 1.165) is 0 Å². The highest BCUT2D eigenvalue weighted by Crippen LogP contribution is 2.19. The van der Waals surface area contributed by atoms with Crippen LogP contribution in [0.5, 0.6) is 0 Å². The summed E-state index contributed by atoms with van der Waals surface area (Å²) in [6.07, 6.45) is 0. The molecule has 0 unspecified atom stereocenters. The monoisotopic (exact) mass is 417 g/mol. The SMILES string of the molecule is CCN(CC)S(=O)(=O)c1cccc(NC(=O)CN(C)Cc2ccc(C)cc2C)c1. The van der Waals surface area contributed by atoms with E-state index in [-0.39, 0.29) is 17.3 Å². The van der Waals surface area contributed by atoms with Crippen molar-refractivity contribution in [2.24, 2.45) is 0 Å². The van der Waals surface area contributed by atoms with Gasteiger partial charge in [-0.1, -0.05) is 43.7 Å². The second kappa shape index (κ2) is 10.0. The van der Waals surface area contributed by atoms with Gasteiger partial charge in [-0.25, -0.2) is 8.42 Å². The number of carbonyl (C=O) groups excluding carboxylic acids is 1. The molecule has 0 aliphatic heterocycles. The zero-order valence-corrected chi connectivity index (χ0v) is 18.7. The number of likely N-dealkylation sites (N-methyl/N-ethyl adjacent to an activating group) is 1. The zero-order valence-electron chi connectivity index (χ0n) is 17.9. The lowest BCUT2D eigenvalue weighted by Gasteiger charge is -2.19. The summed E-state index contributed by atoms with van der Waals surface area (Å²) in [4.78, 5) is 14.6. The van der Waals surface area contributed by atoms with Crippen LogP contribution in [0.4, 0.5) is 5.69 Å². The maximum Gasteiger partial charge on any atom is 0.243 e. The summed E-state index contributed by atoms with van der Waals surface area (Å²) in [5.41, 5.74) is 4.07. The minimum Gasteiger partial charge on any atom is -0.325 e. The Hall–Kier alpha value is -2.22. The van der Waals surface area contributed by atoms with Crippen LogP contribution in [0.3, 0.4) is 0 Å². The second-order valence-corrected chi connectivity index (χ2v) is 9.21. The molecule has 0 bridgehead atoms. The molecule has 0 fully saturated rings. The molecule has 0 heterocycles. The Balaban J connectivity index is 2.03. The van der Waals surface area contributed by atoms with E-state index in [4.69, 9.17) is 0 Å². The van der Waals surface area contributed by atoms with E-state index < -0.39 is 10.0 Å². The van der Waals surface area contributed by atoms with Crippen molar-refractivity contribution in [1.29, 1.82) is 0 Å². The molecule has 1 N–H and O–H groups in total. The molecule has 0 spiro atoms. The van der Waals surface area contributed by atoms with Crippen LogP contribution in [0.1, 0.15) is 30.5 Å². The van der Waals surface area contributed by atoms with Crippen LogP contribution in [0, 0.1) is 13.8 Å². The number of sulfonamides is 1. The number of nitrogens with one attached hydrogen (secondary N) is 1. The van der Waals surface area contributed by atoms with Gasteiger partial charge in [0.25, 0.3) is 0 Å². The molecule has 2 rings (SSSR count). The molecule has 2 aromatic carbocycles. The topological polar surface area (TPSA) is 69.7 Å². The Morgan fingerprint density at radius 2 is 1.72 bits per heavy atom. The van der Waals surface area contributed by atoms with Crippen LogP contribution in [0.15, 0.2) is 47.4 Å². The lowest BCUT2D eigenvalue weighted by molar-refractivity contribution is -0.117. The molecule has 1 amide bonds. The molecule has 2 aromatic rings. The number of anilines is 1. The Kier molecular flexibility index (Phi) is 7.96. The van der Waals surface area contributed by atoms with Crippen molar-refractivity contribution >= 4 is 21.6 Å². The summed E-state index contributed by atoms with van der Waals surface area (Å²) in [6.45, 7) is 9.41. The van der Waals surface area contributed by atoms with Crippen LogP contribution >= 0.6 is 0 Å². The minimum absolute atomic E-state index is 0.183. The number of hydrogen-bond acceptors (Lipinski definition) is 4. The lowest BCUT2D eigenvalue weighted by Crippen LogP contribution is -2.31. The summed E-state index contributed by atoms with van der Waals surface area (Å²) >= 11 is 0. The Morgan fingerprint density at radius 3 is 2.34 bits per heavy atom. The van der Waals surface area contributed by atoms with Crippen molar-refractivity contribution in [1.82, 2.24) is 9.21 Å². The van der Waals surface area contributed by atoms with Crippen molar-refractivity contribution in [3.05, 3.63) is 59.2 Å². The predicted molar refractivity (Wildman–Crippen MR) is 117 cm³/mol. The number of carbonyl (C=O) groups is 1. The molecule has 29 heavy (non-hydrogen) atoms. The van der Waals surface area contributed by atoms with E-state index in [2.05, 4.69) is 37.4 Å². The van der Waals surface area contributed by atoms with Gasteiger partial charge in [0.15, 0.2) is 0 Å². The lowest BCUT2D eigenvalue weighted by atomic mass is 10.1. The quantitative estimate of drug-likeness (QED) is 0.679. The van der Waals surface area contributed by atoms with E-state index in [1.54, 1.807) is 32.0 Å². The van der Waals surface area contributed by atoms with Crippen LogP contribution in [-0.4, -0.2) is 50.2 Å². The fourth-order valence-electron chi connectivity index (χ4n) is 3.26. The highest BCUT2D eigenvalue weighted by atomic mass is 32.2. The highest BCUT2D eigenvalue weighted by molar-refractivity contribution is 7.89. The van der Waals surface area contributed by atoms with Crippen LogP contribution in [-0.2, 0) is 21.4 Å². The van der Waals surface area contributed by atoms with Gasteiger partial charge in [0.05, 0.1) is 11.4 Å². The maximum atomic E-state index is 12.7. The Bertz CT molecular complexity index is 954. The van der Waals surface area contributed by atoms with Gasteiger partial charge in [-0.05, 0) is 50.2 Å². The number of aryl methyl sites for hydroxylation is 2. The molecule has 0 aromatic heterocycles. The van der Waals surface area contributed by atoms with Gasteiger partial charge in [0.2, 0.25) is 15.9 Å². The van der Waals surface area contributed by atoms with Gasteiger partial charge < -0.3 is 5.32 Å². The summed E-state index contributed by atoms with van der Waals surface area (Å²) in [5.74, 6) is -0.186. The zero-order chi connectivity index (χ0) is 21.6. The number of rotatable bonds is 9. The van der Waals surface area contributed by atoms with Gasteiger partial charge in [-0.15, -0.1) is 0 Å². The summed E-state index contributed by atoms with van der Waals surface area (Å²) in [5, 5.41) is 2.81. The van der Waals surface area contributed by atoms with Gasteiger partial charge in [-0.3, -0.25) is 9.69 Å². The van der Waals surface area contributed by atoms with E-state index >= 15 is 0 Å². The molecule has 0 atom stereocenters. The van der Waals surface area contributed by atoms with E-state index in [1.807, 2.05) is 11.9 Å². The van der Waals surface area contributed by atoms with Crippen molar-refractivity contribution in [2.75, 3.05) is 32.0 Å². The number of hydrogen-bond donors (Lipinski definition) is 1. The molecular formula is C22H31N3O3S. The van der Waals surface area contributed by atoms with Gasteiger partial charge in [0, 0.05) is 25.3 Å². The first-order valence-corrected chi connectivity index (χ1v) is 11.3. The largest absolute Gasteiger partial charge is 0.325 e. The third-order valence-electron chi connectivity index (χ3n) is 4.81. The first-order valence-electron chi connectivity index (χ1n) is 9.82. The summed E-state index contributed by atoms with van der Waals surface area (Å²) in [6, 6.07) is 12.7. The molecule has 0 saturated heterocycles. The maximum absolute atomic E-state index is 12.7. The van der Waals surface area contributed by atoms with Crippen LogP contribution < -0.4 is 5.32 Å². The first kappa shape index (κ1) is 23.1. The molecule has 0 radical (unpaired) electrons. The van der Waals surface area contributed by atoms with Crippen molar-refractivity contribution in [2.45, 2.75) is 39.1 Å². The summed E-state index contributed by atoms with van der Waals surface area (Å²) < 4.78 is 26.7. The van der Waals surface area contributed by atoms with Crippen LogP contribution in [0.2, 0.25) is 0 Å². The van der Waals surface area contributed by atoms with Crippen molar-refractivity contribution in [3.63, 3.8) is 0 Å². The summed E-state index contributed by atoms with van der Waals surface area (Å²) in [7, 11) is -1.67. The average Bonchev–Trinajstić information content (AvgIpc) is 2.65. The number of nitrogens with zero attached hydrogens (tertiary/aromatic N) is 2. The molecule has 0 aliphatic rings. The molecular weight excluding hydrogens is 386 g/mol. The predicted octanol–water partition coefficient (Wildman–Crippen LogP) is 3.40. The second-order valence-electron chi connectivity index (χ2n) is 7.27. The number of benzene rings is 2. The Morgan fingerprint density at radius 1 is 1.03 bits per heavy atom. The first-order chi connectivity index (χ1) is 13.7. The third kappa shape index (κ3) is 6.13. The smallest absolute Gasteiger partial charge is 0.243 e. The average molecular weight is 418 g/mol. The molecule has 7 heteroatoms. The molecule has 158 valence electrons. The molecule has 6 nitrogen and oxygen atoms in total. The normalized spacial score (nSPS) is 11.8. The molecule has 0 saturated carbocycles. The Labute approximate surface area is 174 Å². The van der Waals surface area contributed by atoms with Crippen molar-refractivity contribution in [3.8, 4) is 0 Å². The van der Waals surface area contributed by atoms with E-state index in [9.17, 15) is 13.2 Å². The van der Waals surface area contributed by atoms with Gasteiger partial charge in [0.1, 0.15) is 0 Å². The highest BCUT2D eigenvalue weighted by Gasteiger charge is 2.22. The van der Waals surface area contributed by atoms with Crippen molar-refractivity contribution < 1.29 is 13.2 Å². The standard InChI is InChI=1S/C22H31N3O3S/c1-6-25(7-2)29(27,28)21-10-8-9-20(14-21)23-22(26)16-24(5)15-19-12-11-17(3)13-18(19)4/h8-14H,6-7,15-16H2,1-5H3,(H,23,26). The minimum atomic E-state index is -3.56. The fourth-order valence-corrected chi connectivity index (χ4v) is 4.77. The number of amides is 1. The van der Waals surface area contributed by atoms with Gasteiger partial charge in [-0.2, -0.15) is 4.31 Å². The van der Waals surface area contributed by atoms with Crippen LogP contribution in [0.25, 0.3) is 0 Å². The fraction of sp³-hybridized carbons (Fsp3) is 0.409. The van der Waals surface area contributed by atoms with Gasteiger partial charge >= 0.3 is 0 Å².